The molecule has 0 aliphatic heterocycles. The quantitative estimate of drug-likeness (QED) is 0.683. The normalized spacial score (nSPS) is 9.27. The first kappa shape index (κ1) is 16.7. The fourth-order valence-corrected chi connectivity index (χ4v) is 1.41. The molecule has 0 unspecified atom stereocenters. The number of carboxylic acids is 3. The van der Waals surface area contributed by atoms with Gasteiger partial charge in [-0.15, -0.1) is 0 Å². The summed E-state index contributed by atoms with van der Waals surface area (Å²) in [4.78, 5) is 30.9. The van der Waals surface area contributed by atoms with Crippen LogP contribution in [0.2, 0.25) is 0 Å². The van der Waals surface area contributed by atoms with Crippen LogP contribution in [0, 0.1) is 0 Å². The molecule has 4 N–H and O–H groups in total. The van der Waals surface area contributed by atoms with E-state index in [1.54, 1.807) is 12.1 Å². The van der Waals surface area contributed by atoms with Crippen LogP contribution in [-0.4, -0.2) is 38.3 Å². The van der Waals surface area contributed by atoms with E-state index in [9.17, 15) is 14.4 Å². The van der Waals surface area contributed by atoms with Crippen molar-refractivity contribution in [1.82, 2.24) is 0 Å². The monoisotopic (exact) mass is 304 g/mol. The molecule has 2 rings (SSSR count). The van der Waals surface area contributed by atoms with E-state index in [1.807, 2.05) is 0 Å². The molecule has 2 aromatic carbocycles. The van der Waals surface area contributed by atoms with Gasteiger partial charge < -0.3 is 20.4 Å². The Morgan fingerprint density at radius 2 is 1.05 bits per heavy atom. The fourth-order valence-electron chi connectivity index (χ4n) is 1.41. The van der Waals surface area contributed by atoms with Gasteiger partial charge >= 0.3 is 17.9 Å². The lowest BCUT2D eigenvalue weighted by atomic mass is 10.1. The zero-order valence-electron chi connectivity index (χ0n) is 11.1. The third-order valence-corrected chi connectivity index (χ3v) is 2.51. The molecule has 0 saturated heterocycles. The molecule has 0 atom stereocenters. The molecule has 0 heterocycles. The molecular formula is C15H12O7. The van der Waals surface area contributed by atoms with E-state index in [0.717, 1.165) is 0 Å². The van der Waals surface area contributed by atoms with Gasteiger partial charge in [-0.3, -0.25) is 0 Å². The first-order valence-electron chi connectivity index (χ1n) is 5.91. The van der Waals surface area contributed by atoms with Crippen molar-refractivity contribution in [1.29, 1.82) is 0 Å². The van der Waals surface area contributed by atoms with Gasteiger partial charge in [0.05, 0.1) is 11.1 Å². The summed E-state index contributed by atoms with van der Waals surface area (Å²) in [7, 11) is 0. The van der Waals surface area contributed by atoms with Crippen LogP contribution in [0.4, 0.5) is 0 Å². The van der Waals surface area contributed by atoms with Gasteiger partial charge in [0.2, 0.25) is 0 Å². The van der Waals surface area contributed by atoms with Crippen LogP contribution in [0.25, 0.3) is 0 Å². The Labute approximate surface area is 124 Å². The number of carbonyl (C=O) groups is 3. The summed E-state index contributed by atoms with van der Waals surface area (Å²) in [5, 5.41) is 34.2. The van der Waals surface area contributed by atoms with Crippen LogP contribution >= 0.6 is 0 Å². The molecule has 2 aromatic rings. The van der Waals surface area contributed by atoms with Gasteiger partial charge in [-0.05, 0) is 36.4 Å². The van der Waals surface area contributed by atoms with Crippen molar-refractivity contribution < 1.29 is 34.8 Å². The molecule has 0 bridgehead atoms. The SMILES string of the molecule is O=C(O)c1ccc(C(=O)O)cc1.O=C(O)c1ccccc1O. The summed E-state index contributed by atoms with van der Waals surface area (Å²) in [6.07, 6.45) is 0. The number of rotatable bonds is 3. The van der Waals surface area contributed by atoms with Gasteiger partial charge in [-0.1, -0.05) is 12.1 Å². The van der Waals surface area contributed by atoms with Crippen molar-refractivity contribution in [3.05, 3.63) is 65.2 Å². The van der Waals surface area contributed by atoms with Crippen molar-refractivity contribution in [2.75, 3.05) is 0 Å². The molecule has 0 spiro atoms. The predicted octanol–water partition coefficient (Wildman–Crippen LogP) is 2.17. The summed E-state index contributed by atoms with van der Waals surface area (Å²) >= 11 is 0. The minimum Gasteiger partial charge on any atom is -0.507 e. The molecule has 0 aromatic heterocycles. The Hall–Kier alpha value is -3.35. The first-order chi connectivity index (χ1) is 10.3. The second kappa shape index (κ2) is 7.44. The van der Waals surface area contributed by atoms with E-state index < -0.39 is 17.9 Å². The Kier molecular flexibility index (Phi) is 5.65. The minimum absolute atomic E-state index is 0.0671. The zero-order valence-corrected chi connectivity index (χ0v) is 11.1. The number of hydrogen-bond acceptors (Lipinski definition) is 4. The van der Waals surface area contributed by atoms with Crippen molar-refractivity contribution in [2.45, 2.75) is 0 Å². The Morgan fingerprint density at radius 1 is 0.636 bits per heavy atom. The van der Waals surface area contributed by atoms with Crippen LogP contribution in [0.3, 0.4) is 0 Å². The number of carboxylic acid groups (broad SMARTS) is 3. The molecule has 0 saturated carbocycles. The Balaban J connectivity index is 0.000000224. The molecule has 114 valence electrons. The molecule has 0 aliphatic carbocycles. The molecule has 22 heavy (non-hydrogen) atoms. The largest absolute Gasteiger partial charge is 0.507 e. The average Bonchev–Trinajstić information content (AvgIpc) is 2.48. The summed E-state index contributed by atoms with van der Waals surface area (Å²) < 4.78 is 0. The topological polar surface area (TPSA) is 132 Å². The Bertz CT molecular complexity index is 656. The molecule has 0 fully saturated rings. The molecule has 7 heteroatoms. The third kappa shape index (κ3) is 4.64. The second-order valence-electron chi connectivity index (χ2n) is 4.01. The van der Waals surface area contributed by atoms with Crippen LogP contribution in [-0.2, 0) is 0 Å². The summed E-state index contributed by atoms with van der Waals surface area (Å²) in [5.74, 6) is -3.44. The van der Waals surface area contributed by atoms with Crippen molar-refractivity contribution in [3.8, 4) is 5.75 Å². The van der Waals surface area contributed by atoms with E-state index in [-0.39, 0.29) is 22.4 Å². The number of para-hydroxylation sites is 1. The number of hydrogen-bond donors (Lipinski definition) is 4. The highest BCUT2D eigenvalue weighted by molar-refractivity contribution is 5.91. The van der Waals surface area contributed by atoms with Crippen LogP contribution < -0.4 is 0 Å². The van der Waals surface area contributed by atoms with Gasteiger partial charge in [0.25, 0.3) is 0 Å². The average molecular weight is 304 g/mol. The predicted molar refractivity (Wildman–Crippen MR) is 75.4 cm³/mol. The highest BCUT2D eigenvalue weighted by Gasteiger charge is 2.06. The van der Waals surface area contributed by atoms with Gasteiger partial charge in [-0.25, -0.2) is 14.4 Å². The summed E-state index contributed by atoms with van der Waals surface area (Å²) in [6.45, 7) is 0. The minimum atomic E-state index is -1.11. The molecule has 7 nitrogen and oxygen atoms in total. The second-order valence-corrected chi connectivity index (χ2v) is 4.01. The van der Waals surface area contributed by atoms with Crippen molar-refractivity contribution in [3.63, 3.8) is 0 Å². The van der Waals surface area contributed by atoms with Crippen LogP contribution in [0.5, 0.6) is 5.75 Å². The molecule has 0 aliphatic rings. The Morgan fingerprint density at radius 3 is 1.32 bits per heavy atom. The zero-order chi connectivity index (χ0) is 16.7. The molecule has 0 amide bonds. The smallest absolute Gasteiger partial charge is 0.339 e. The number of aromatic hydroxyl groups is 1. The first-order valence-corrected chi connectivity index (χ1v) is 5.91. The van der Waals surface area contributed by atoms with Crippen LogP contribution in [0.15, 0.2) is 48.5 Å². The highest BCUT2D eigenvalue weighted by Crippen LogP contribution is 2.14. The summed E-state index contributed by atoms with van der Waals surface area (Å²) in [6, 6.07) is 10.8. The highest BCUT2D eigenvalue weighted by atomic mass is 16.4. The maximum Gasteiger partial charge on any atom is 0.339 e. The van der Waals surface area contributed by atoms with E-state index in [0.29, 0.717) is 0 Å². The van der Waals surface area contributed by atoms with Gasteiger partial charge in [0, 0.05) is 0 Å². The summed E-state index contributed by atoms with van der Waals surface area (Å²) in [5.41, 5.74) is 0.0995. The lowest BCUT2D eigenvalue weighted by Crippen LogP contribution is -1.99. The van der Waals surface area contributed by atoms with E-state index >= 15 is 0 Å². The van der Waals surface area contributed by atoms with E-state index in [2.05, 4.69) is 0 Å². The third-order valence-electron chi connectivity index (χ3n) is 2.51. The molecular weight excluding hydrogens is 292 g/mol. The van der Waals surface area contributed by atoms with Crippen molar-refractivity contribution in [2.24, 2.45) is 0 Å². The number of phenols is 1. The standard InChI is InChI=1S/C8H6O4.C7H6O3/c9-7(10)5-1-2-6(4-3-5)8(11)12;8-6-4-2-1-3-5(6)7(9)10/h1-4H,(H,9,10)(H,11,12);1-4,8H,(H,9,10). The lowest BCUT2D eigenvalue weighted by Gasteiger charge is -1.95. The fraction of sp³-hybridized carbons (Fsp3) is 0. The number of aromatic carboxylic acids is 3. The maximum atomic E-state index is 10.3. The van der Waals surface area contributed by atoms with Gasteiger partial charge in [0.15, 0.2) is 0 Å². The maximum absolute atomic E-state index is 10.3. The van der Waals surface area contributed by atoms with Gasteiger partial charge in [0.1, 0.15) is 11.3 Å². The van der Waals surface area contributed by atoms with Crippen LogP contribution in [0.1, 0.15) is 31.1 Å². The van der Waals surface area contributed by atoms with E-state index in [1.165, 1.54) is 36.4 Å². The lowest BCUT2D eigenvalue weighted by molar-refractivity contribution is 0.0681. The van der Waals surface area contributed by atoms with Gasteiger partial charge in [-0.2, -0.15) is 0 Å². The van der Waals surface area contributed by atoms with E-state index in [4.69, 9.17) is 20.4 Å². The van der Waals surface area contributed by atoms with Crippen molar-refractivity contribution >= 4 is 17.9 Å². The number of benzene rings is 2. The molecule has 0 radical (unpaired) electrons.